The Kier molecular flexibility index (Phi) is 6.67. The minimum Gasteiger partial charge on any atom is -0.352 e. The predicted octanol–water partition coefficient (Wildman–Crippen LogP) is 3.84. The standard InChI is InChI=1S/C23H26N2O3S/c1-3-25(4-2)29(27,28)21-13-8-12-20(17-21)23(26)24-16-15-19-11-7-10-18-9-5-6-14-22(18)19/h5-14,17H,3-4,15-16H2,1-2H3,(H,24,26). The van der Waals surface area contributed by atoms with Crippen molar-refractivity contribution in [3.05, 3.63) is 77.9 Å². The molecular weight excluding hydrogens is 384 g/mol. The van der Waals surface area contributed by atoms with Gasteiger partial charge < -0.3 is 5.32 Å². The highest BCUT2D eigenvalue weighted by atomic mass is 32.2. The molecule has 1 N–H and O–H groups in total. The highest BCUT2D eigenvalue weighted by Crippen LogP contribution is 2.19. The fourth-order valence-corrected chi connectivity index (χ4v) is 4.94. The highest BCUT2D eigenvalue weighted by Gasteiger charge is 2.22. The van der Waals surface area contributed by atoms with E-state index in [9.17, 15) is 13.2 Å². The lowest BCUT2D eigenvalue weighted by Gasteiger charge is -2.18. The molecule has 29 heavy (non-hydrogen) atoms. The van der Waals surface area contributed by atoms with Gasteiger partial charge in [0.05, 0.1) is 4.90 Å². The maximum Gasteiger partial charge on any atom is 0.251 e. The molecule has 1 amide bonds. The lowest BCUT2D eigenvalue weighted by molar-refractivity contribution is 0.0954. The van der Waals surface area contributed by atoms with Gasteiger partial charge in [0.2, 0.25) is 10.0 Å². The minimum atomic E-state index is -3.59. The first kappa shape index (κ1) is 21.0. The number of nitrogens with zero attached hydrogens (tertiary/aromatic N) is 1. The van der Waals surface area contributed by atoms with Gasteiger partial charge in [0.25, 0.3) is 5.91 Å². The van der Waals surface area contributed by atoms with Crippen LogP contribution in [-0.4, -0.2) is 38.3 Å². The molecule has 0 unspecified atom stereocenters. The van der Waals surface area contributed by atoms with Crippen molar-refractivity contribution in [2.24, 2.45) is 0 Å². The molecule has 0 bridgehead atoms. The van der Waals surface area contributed by atoms with Gasteiger partial charge in [-0.2, -0.15) is 4.31 Å². The molecule has 6 heteroatoms. The molecule has 5 nitrogen and oxygen atoms in total. The first-order valence-electron chi connectivity index (χ1n) is 9.82. The Morgan fingerprint density at radius 2 is 1.62 bits per heavy atom. The molecule has 3 aromatic carbocycles. The summed E-state index contributed by atoms with van der Waals surface area (Å²) in [7, 11) is -3.59. The SMILES string of the molecule is CCN(CC)S(=O)(=O)c1cccc(C(=O)NCCc2cccc3ccccc23)c1. The number of benzene rings is 3. The highest BCUT2D eigenvalue weighted by molar-refractivity contribution is 7.89. The lowest BCUT2D eigenvalue weighted by Crippen LogP contribution is -2.31. The van der Waals surface area contributed by atoms with Crippen LogP contribution in [0.1, 0.15) is 29.8 Å². The summed E-state index contributed by atoms with van der Waals surface area (Å²) >= 11 is 0. The summed E-state index contributed by atoms with van der Waals surface area (Å²) in [4.78, 5) is 12.7. The van der Waals surface area contributed by atoms with Crippen LogP contribution in [0.4, 0.5) is 0 Å². The van der Waals surface area contributed by atoms with Crippen molar-refractivity contribution in [3.8, 4) is 0 Å². The molecule has 0 heterocycles. The molecule has 0 saturated carbocycles. The molecule has 0 aromatic heterocycles. The van der Waals surface area contributed by atoms with Crippen molar-refractivity contribution >= 4 is 26.7 Å². The fraction of sp³-hybridized carbons (Fsp3) is 0.261. The number of carbonyl (C=O) groups is 1. The normalized spacial score (nSPS) is 11.7. The van der Waals surface area contributed by atoms with E-state index in [-0.39, 0.29) is 10.8 Å². The van der Waals surface area contributed by atoms with Gasteiger partial charge in [0, 0.05) is 25.2 Å². The molecule has 3 aromatic rings. The average Bonchev–Trinajstić information content (AvgIpc) is 2.74. The Hall–Kier alpha value is -2.70. The van der Waals surface area contributed by atoms with Crippen molar-refractivity contribution < 1.29 is 13.2 Å². The van der Waals surface area contributed by atoms with E-state index >= 15 is 0 Å². The fourth-order valence-electron chi connectivity index (χ4n) is 3.43. The summed E-state index contributed by atoms with van der Waals surface area (Å²) in [5.41, 5.74) is 1.51. The molecule has 0 fully saturated rings. The molecule has 0 aliphatic heterocycles. The number of carbonyl (C=O) groups excluding carboxylic acids is 1. The van der Waals surface area contributed by atoms with Crippen LogP contribution in [0.25, 0.3) is 10.8 Å². The number of hydrogen-bond acceptors (Lipinski definition) is 3. The summed E-state index contributed by atoms with van der Waals surface area (Å²) in [6, 6.07) is 20.5. The smallest absolute Gasteiger partial charge is 0.251 e. The van der Waals surface area contributed by atoms with Crippen molar-refractivity contribution in [2.75, 3.05) is 19.6 Å². The summed E-state index contributed by atoms with van der Waals surface area (Å²) in [5.74, 6) is -0.276. The molecule has 0 aliphatic carbocycles. The number of fused-ring (bicyclic) bond motifs is 1. The third kappa shape index (κ3) is 4.66. The molecule has 0 atom stereocenters. The van der Waals surface area contributed by atoms with Crippen molar-refractivity contribution in [2.45, 2.75) is 25.2 Å². The van der Waals surface area contributed by atoms with Gasteiger partial charge in [-0.25, -0.2) is 8.42 Å². The number of rotatable bonds is 8. The number of sulfonamides is 1. The van der Waals surface area contributed by atoms with E-state index in [1.165, 1.54) is 32.8 Å². The van der Waals surface area contributed by atoms with Crippen LogP contribution >= 0.6 is 0 Å². The second kappa shape index (κ2) is 9.20. The zero-order valence-electron chi connectivity index (χ0n) is 16.8. The first-order chi connectivity index (χ1) is 14.0. The molecule has 0 spiro atoms. The second-order valence-corrected chi connectivity index (χ2v) is 8.70. The molecule has 0 radical (unpaired) electrons. The third-order valence-electron chi connectivity index (χ3n) is 5.00. The first-order valence-corrected chi connectivity index (χ1v) is 11.3. The molecule has 152 valence electrons. The zero-order chi connectivity index (χ0) is 20.9. The van der Waals surface area contributed by atoms with E-state index in [4.69, 9.17) is 0 Å². The Labute approximate surface area is 172 Å². The Balaban J connectivity index is 1.70. The van der Waals surface area contributed by atoms with Gasteiger partial charge >= 0.3 is 0 Å². The van der Waals surface area contributed by atoms with Gasteiger partial charge in [-0.3, -0.25) is 4.79 Å². The maximum absolute atomic E-state index is 12.7. The number of hydrogen-bond donors (Lipinski definition) is 1. The molecule has 0 saturated heterocycles. The van der Waals surface area contributed by atoms with Gasteiger partial charge in [0.15, 0.2) is 0 Å². The van der Waals surface area contributed by atoms with Crippen LogP contribution in [0, 0.1) is 0 Å². The van der Waals surface area contributed by atoms with E-state index in [1.807, 2.05) is 18.2 Å². The van der Waals surface area contributed by atoms with Crippen LogP contribution in [0.15, 0.2) is 71.6 Å². The van der Waals surface area contributed by atoms with Crippen LogP contribution in [0.3, 0.4) is 0 Å². The van der Waals surface area contributed by atoms with Crippen LogP contribution in [0.2, 0.25) is 0 Å². The van der Waals surface area contributed by atoms with Gasteiger partial charge in [-0.05, 0) is 41.0 Å². The average molecular weight is 411 g/mol. The maximum atomic E-state index is 12.7. The van der Waals surface area contributed by atoms with Gasteiger partial charge in [-0.1, -0.05) is 62.4 Å². The van der Waals surface area contributed by atoms with Crippen molar-refractivity contribution in [3.63, 3.8) is 0 Å². The van der Waals surface area contributed by atoms with Crippen molar-refractivity contribution in [1.29, 1.82) is 0 Å². The monoisotopic (exact) mass is 410 g/mol. The van der Waals surface area contributed by atoms with Gasteiger partial charge in [0.1, 0.15) is 0 Å². The Morgan fingerprint density at radius 1 is 0.931 bits per heavy atom. The molecule has 3 rings (SSSR count). The summed E-state index contributed by atoms with van der Waals surface area (Å²) in [6.45, 7) is 4.84. The number of amides is 1. The zero-order valence-corrected chi connectivity index (χ0v) is 17.6. The van der Waals surface area contributed by atoms with Crippen molar-refractivity contribution in [1.82, 2.24) is 9.62 Å². The minimum absolute atomic E-state index is 0.142. The molecule has 0 aliphatic rings. The van der Waals surface area contributed by atoms with Crippen LogP contribution in [0.5, 0.6) is 0 Å². The van der Waals surface area contributed by atoms with Gasteiger partial charge in [-0.15, -0.1) is 0 Å². The van der Waals surface area contributed by atoms with Crippen LogP contribution in [-0.2, 0) is 16.4 Å². The Morgan fingerprint density at radius 3 is 2.38 bits per heavy atom. The van der Waals surface area contributed by atoms with E-state index in [2.05, 4.69) is 29.6 Å². The second-order valence-electron chi connectivity index (χ2n) is 6.76. The number of nitrogens with one attached hydrogen (secondary N) is 1. The molecular formula is C23H26N2O3S. The lowest BCUT2D eigenvalue weighted by atomic mass is 10.0. The quantitative estimate of drug-likeness (QED) is 0.614. The Bertz CT molecular complexity index is 1100. The van der Waals surface area contributed by atoms with Crippen LogP contribution < -0.4 is 5.32 Å². The van der Waals surface area contributed by atoms with E-state index < -0.39 is 10.0 Å². The van der Waals surface area contributed by atoms with E-state index in [1.54, 1.807) is 26.0 Å². The third-order valence-corrected chi connectivity index (χ3v) is 7.05. The van der Waals surface area contributed by atoms with E-state index in [0.29, 0.717) is 31.6 Å². The summed E-state index contributed by atoms with van der Waals surface area (Å²) in [5, 5.41) is 5.25. The predicted molar refractivity (Wildman–Crippen MR) is 117 cm³/mol. The topological polar surface area (TPSA) is 66.5 Å². The summed E-state index contributed by atoms with van der Waals surface area (Å²) in [6.07, 6.45) is 0.699. The van der Waals surface area contributed by atoms with E-state index in [0.717, 1.165) is 0 Å². The largest absolute Gasteiger partial charge is 0.352 e. The summed E-state index contributed by atoms with van der Waals surface area (Å²) < 4.78 is 26.8.